The molecule has 0 spiro atoms. The van der Waals surface area contributed by atoms with Crippen LogP contribution in [0, 0.1) is 12.7 Å². The first-order chi connectivity index (χ1) is 5.84. The van der Waals surface area contributed by atoms with Gasteiger partial charge in [-0.2, -0.15) is 13.2 Å². The number of alkyl halides is 3. The molecular formula is C8H5ClF4. The Morgan fingerprint density at radius 1 is 1.23 bits per heavy atom. The molecule has 0 atom stereocenters. The van der Waals surface area contributed by atoms with Gasteiger partial charge in [0.2, 0.25) is 0 Å². The highest BCUT2D eigenvalue weighted by molar-refractivity contribution is 6.31. The third-order valence-electron chi connectivity index (χ3n) is 1.64. The van der Waals surface area contributed by atoms with Gasteiger partial charge in [0.05, 0.1) is 10.6 Å². The molecule has 0 fully saturated rings. The zero-order valence-electron chi connectivity index (χ0n) is 6.54. The first-order valence-corrected chi connectivity index (χ1v) is 3.73. The van der Waals surface area contributed by atoms with Crippen molar-refractivity contribution in [3.63, 3.8) is 0 Å². The minimum atomic E-state index is -4.48. The molecule has 5 heteroatoms. The molecule has 0 unspecified atom stereocenters. The van der Waals surface area contributed by atoms with Crippen LogP contribution in [-0.4, -0.2) is 0 Å². The van der Waals surface area contributed by atoms with Crippen LogP contribution in [-0.2, 0) is 6.18 Å². The van der Waals surface area contributed by atoms with Gasteiger partial charge in [0.25, 0.3) is 0 Å². The number of hydrogen-bond acceptors (Lipinski definition) is 0. The fraction of sp³-hybridized carbons (Fsp3) is 0.250. The monoisotopic (exact) mass is 212 g/mol. The molecule has 0 radical (unpaired) electrons. The van der Waals surface area contributed by atoms with Gasteiger partial charge < -0.3 is 0 Å². The van der Waals surface area contributed by atoms with Crippen LogP contribution < -0.4 is 0 Å². The quantitative estimate of drug-likeness (QED) is 0.574. The highest BCUT2D eigenvalue weighted by Crippen LogP contribution is 2.35. The minimum Gasteiger partial charge on any atom is -0.205 e. The summed E-state index contributed by atoms with van der Waals surface area (Å²) in [7, 11) is 0. The predicted octanol–water partition coefficient (Wildman–Crippen LogP) is 3.81. The van der Waals surface area contributed by atoms with Crippen molar-refractivity contribution >= 4 is 11.6 Å². The van der Waals surface area contributed by atoms with E-state index in [1.807, 2.05) is 0 Å². The second kappa shape index (κ2) is 3.18. The van der Waals surface area contributed by atoms with Crippen molar-refractivity contribution in [2.24, 2.45) is 0 Å². The lowest BCUT2D eigenvalue weighted by molar-refractivity contribution is -0.138. The molecule has 1 aromatic carbocycles. The van der Waals surface area contributed by atoms with Crippen LogP contribution in [0.5, 0.6) is 0 Å². The summed E-state index contributed by atoms with van der Waals surface area (Å²) in [5.41, 5.74) is -1.19. The Balaban J connectivity index is 3.35. The van der Waals surface area contributed by atoms with Crippen molar-refractivity contribution in [1.82, 2.24) is 0 Å². The maximum Gasteiger partial charge on any atom is 0.416 e. The topological polar surface area (TPSA) is 0 Å². The molecule has 0 nitrogen and oxygen atoms in total. The Hall–Kier alpha value is -0.770. The second-order valence-electron chi connectivity index (χ2n) is 2.53. The van der Waals surface area contributed by atoms with E-state index < -0.39 is 22.6 Å². The summed E-state index contributed by atoms with van der Waals surface area (Å²) in [5.74, 6) is -0.841. The fourth-order valence-electron chi connectivity index (χ4n) is 0.959. The average Bonchev–Trinajstić information content (AvgIpc) is 1.98. The maximum atomic E-state index is 12.6. The summed E-state index contributed by atoms with van der Waals surface area (Å²) in [6, 6.07) is 1.38. The molecular weight excluding hydrogens is 208 g/mol. The summed E-state index contributed by atoms with van der Waals surface area (Å²) in [6.45, 7) is 1.13. The van der Waals surface area contributed by atoms with E-state index in [2.05, 4.69) is 0 Å². The van der Waals surface area contributed by atoms with Crippen molar-refractivity contribution < 1.29 is 17.6 Å². The molecule has 0 bridgehead atoms. The molecule has 1 rings (SSSR count). The van der Waals surface area contributed by atoms with E-state index >= 15 is 0 Å². The molecule has 0 aliphatic heterocycles. The molecule has 0 heterocycles. The molecule has 0 saturated carbocycles. The van der Waals surface area contributed by atoms with Crippen LogP contribution in [0.1, 0.15) is 11.1 Å². The van der Waals surface area contributed by atoms with Gasteiger partial charge in [-0.15, -0.1) is 0 Å². The van der Waals surface area contributed by atoms with E-state index in [-0.39, 0.29) is 5.56 Å². The van der Waals surface area contributed by atoms with Gasteiger partial charge in [-0.05, 0) is 24.6 Å². The van der Waals surface area contributed by atoms with Gasteiger partial charge in [0.15, 0.2) is 0 Å². The van der Waals surface area contributed by atoms with Gasteiger partial charge >= 0.3 is 6.18 Å². The molecule has 1 aromatic rings. The van der Waals surface area contributed by atoms with Gasteiger partial charge in [-0.1, -0.05) is 11.6 Å². The molecule has 0 aromatic heterocycles. The lowest BCUT2D eigenvalue weighted by atomic mass is 10.1. The van der Waals surface area contributed by atoms with Crippen LogP contribution in [0.3, 0.4) is 0 Å². The summed E-state index contributed by atoms with van der Waals surface area (Å²) in [5, 5.41) is -0.477. The lowest BCUT2D eigenvalue weighted by Gasteiger charge is -2.11. The Labute approximate surface area is 77.1 Å². The zero-order valence-corrected chi connectivity index (χ0v) is 7.30. The zero-order chi connectivity index (χ0) is 10.2. The molecule has 0 saturated heterocycles. The molecule has 72 valence electrons. The third-order valence-corrected chi connectivity index (χ3v) is 2.11. The minimum absolute atomic E-state index is 0.283. The number of benzene rings is 1. The second-order valence-corrected chi connectivity index (χ2v) is 2.91. The SMILES string of the molecule is Cc1c(C(F)(F)F)ccc(F)c1Cl. The molecule has 0 N–H and O–H groups in total. The van der Waals surface area contributed by atoms with E-state index in [4.69, 9.17) is 11.6 Å². The number of halogens is 5. The van der Waals surface area contributed by atoms with Gasteiger partial charge in [0, 0.05) is 0 Å². The average molecular weight is 213 g/mol. The largest absolute Gasteiger partial charge is 0.416 e. The highest BCUT2D eigenvalue weighted by Gasteiger charge is 2.33. The van der Waals surface area contributed by atoms with E-state index in [1.165, 1.54) is 0 Å². The highest BCUT2D eigenvalue weighted by atomic mass is 35.5. The summed E-state index contributed by atoms with van der Waals surface area (Å²) in [4.78, 5) is 0. The van der Waals surface area contributed by atoms with Crippen LogP contribution in [0.4, 0.5) is 17.6 Å². The first kappa shape index (κ1) is 10.3. The van der Waals surface area contributed by atoms with E-state index in [9.17, 15) is 17.6 Å². The smallest absolute Gasteiger partial charge is 0.205 e. The van der Waals surface area contributed by atoms with E-state index in [1.54, 1.807) is 0 Å². The Kier molecular flexibility index (Phi) is 2.52. The molecule has 0 aliphatic rings. The normalized spacial score (nSPS) is 11.8. The standard InChI is InChI=1S/C8H5ClF4/c1-4-5(8(11,12)13)2-3-6(10)7(4)9/h2-3H,1H3. The molecule has 0 amide bonds. The number of hydrogen-bond donors (Lipinski definition) is 0. The van der Waals surface area contributed by atoms with Crippen LogP contribution in [0.2, 0.25) is 5.02 Å². The summed E-state index contributed by atoms with van der Waals surface area (Å²) >= 11 is 5.31. The van der Waals surface area contributed by atoms with Gasteiger partial charge in [0.1, 0.15) is 5.82 Å². The Morgan fingerprint density at radius 2 is 1.77 bits per heavy atom. The van der Waals surface area contributed by atoms with Crippen LogP contribution in [0.15, 0.2) is 12.1 Å². The van der Waals surface area contributed by atoms with E-state index in [0.29, 0.717) is 12.1 Å². The van der Waals surface area contributed by atoms with Crippen molar-refractivity contribution in [1.29, 1.82) is 0 Å². The fourth-order valence-corrected chi connectivity index (χ4v) is 1.12. The Bertz CT molecular complexity index is 330. The van der Waals surface area contributed by atoms with Gasteiger partial charge in [-0.25, -0.2) is 4.39 Å². The number of rotatable bonds is 0. The van der Waals surface area contributed by atoms with Gasteiger partial charge in [-0.3, -0.25) is 0 Å². The van der Waals surface area contributed by atoms with Crippen molar-refractivity contribution in [2.75, 3.05) is 0 Å². The van der Waals surface area contributed by atoms with E-state index in [0.717, 1.165) is 6.92 Å². The van der Waals surface area contributed by atoms with Crippen LogP contribution >= 0.6 is 11.6 Å². The molecule has 0 aliphatic carbocycles. The summed E-state index contributed by atoms with van der Waals surface area (Å²) < 4.78 is 49.2. The Morgan fingerprint density at radius 3 is 2.23 bits per heavy atom. The first-order valence-electron chi connectivity index (χ1n) is 3.36. The molecule has 13 heavy (non-hydrogen) atoms. The predicted molar refractivity (Wildman–Crippen MR) is 41.1 cm³/mol. The summed E-state index contributed by atoms with van der Waals surface area (Å²) in [6.07, 6.45) is -4.48. The van der Waals surface area contributed by atoms with Crippen molar-refractivity contribution in [3.8, 4) is 0 Å². The van der Waals surface area contributed by atoms with Crippen LogP contribution in [0.25, 0.3) is 0 Å². The maximum absolute atomic E-state index is 12.6. The lowest BCUT2D eigenvalue weighted by Crippen LogP contribution is -2.08. The van der Waals surface area contributed by atoms with Crippen molar-refractivity contribution in [2.45, 2.75) is 13.1 Å². The third kappa shape index (κ3) is 1.94. The van der Waals surface area contributed by atoms with Crippen molar-refractivity contribution in [3.05, 3.63) is 34.1 Å².